The zero-order chi connectivity index (χ0) is 18.4. The molecule has 0 aromatic heterocycles. The highest BCUT2D eigenvalue weighted by Gasteiger charge is 2.33. The highest BCUT2D eigenvalue weighted by atomic mass is 32.2. The van der Waals surface area contributed by atoms with Crippen LogP contribution in [0.4, 0.5) is 4.79 Å². The fourth-order valence-electron chi connectivity index (χ4n) is 2.00. The maximum absolute atomic E-state index is 12.1. The number of hydrogen-bond donors (Lipinski definition) is 0. The molecule has 1 aliphatic heterocycles. The first-order valence-corrected chi connectivity index (χ1v) is 8.83. The number of nitrogens with zero attached hydrogens (tertiary/aromatic N) is 2. The van der Waals surface area contributed by atoms with Crippen LogP contribution >= 0.6 is 24.0 Å². The number of thioether (sulfide) groups is 1. The van der Waals surface area contributed by atoms with Gasteiger partial charge in [-0.1, -0.05) is 24.4 Å². The van der Waals surface area contributed by atoms with Crippen LogP contribution in [-0.2, 0) is 9.53 Å². The molecule has 1 aromatic carbocycles. The number of esters is 1. The van der Waals surface area contributed by atoms with Gasteiger partial charge >= 0.3 is 5.97 Å². The van der Waals surface area contributed by atoms with Crippen LogP contribution < -0.4 is 4.74 Å². The smallest absolute Gasteiger partial charge is 0.326 e. The van der Waals surface area contributed by atoms with Gasteiger partial charge in [0.25, 0.3) is 5.24 Å². The molecule has 134 valence electrons. The van der Waals surface area contributed by atoms with Crippen molar-refractivity contribution in [2.45, 2.75) is 0 Å². The lowest BCUT2D eigenvalue weighted by atomic mass is 10.2. The van der Waals surface area contributed by atoms with Gasteiger partial charge in [0, 0.05) is 6.54 Å². The zero-order valence-corrected chi connectivity index (χ0v) is 16.0. The molecule has 0 saturated carbocycles. The minimum atomic E-state index is -0.469. The normalized spacial score (nSPS) is 16.0. The van der Waals surface area contributed by atoms with Gasteiger partial charge in [-0.15, -0.1) is 0 Å². The van der Waals surface area contributed by atoms with Crippen molar-refractivity contribution in [2.24, 2.45) is 0 Å². The summed E-state index contributed by atoms with van der Waals surface area (Å²) >= 11 is 6.35. The number of likely N-dealkylation sites (N-methyl/N-ethyl adjacent to an activating group) is 1. The van der Waals surface area contributed by atoms with Crippen molar-refractivity contribution in [1.82, 2.24) is 9.80 Å². The highest BCUT2D eigenvalue weighted by Crippen LogP contribution is 2.33. The second-order valence-corrected chi connectivity index (χ2v) is 6.94. The molecule has 1 amide bonds. The lowest BCUT2D eigenvalue weighted by Crippen LogP contribution is -2.34. The molecule has 0 N–H and O–H groups in total. The Labute approximate surface area is 156 Å². The molecule has 0 radical (unpaired) electrons. The third-order valence-corrected chi connectivity index (χ3v) is 4.87. The monoisotopic (exact) mass is 380 g/mol. The van der Waals surface area contributed by atoms with Crippen LogP contribution in [0.3, 0.4) is 0 Å². The fraction of sp³-hybridized carbons (Fsp3) is 0.353. The number of rotatable bonds is 7. The first kappa shape index (κ1) is 19.4. The number of amides is 1. The third kappa shape index (κ3) is 5.55. The summed E-state index contributed by atoms with van der Waals surface area (Å²) < 4.78 is 10.2. The van der Waals surface area contributed by atoms with Crippen LogP contribution in [0.2, 0.25) is 0 Å². The van der Waals surface area contributed by atoms with Gasteiger partial charge in [0.2, 0.25) is 0 Å². The third-order valence-electron chi connectivity index (χ3n) is 3.38. The summed E-state index contributed by atoms with van der Waals surface area (Å²) in [7, 11) is 5.38. The lowest BCUT2D eigenvalue weighted by molar-refractivity contribution is -0.143. The van der Waals surface area contributed by atoms with Gasteiger partial charge in [0.15, 0.2) is 0 Å². The van der Waals surface area contributed by atoms with E-state index in [1.54, 1.807) is 7.11 Å². The van der Waals surface area contributed by atoms with Crippen LogP contribution in [0.25, 0.3) is 6.08 Å². The minimum Gasteiger partial charge on any atom is -0.497 e. The summed E-state index contributed by atoms with van der Waals surface area (Å²) in [5.74, 6) is 0.283. The lowest BCUT2D eigenvalue weighted by Gasteiger charge is -2.15. The van der Waals surface area contributed by atoms with Crippen LogP contribution in [0.1, 0.15) is 5.56 Å². The average Bonchev–Trinajstić information content (AvgIpc) is 2.83. The van der Waals surface area contributed by atoms with Gasteiger partial charge in [-0.05, 0) is 49.6 Å². The summed E-state index contributed by atoms with van der Waals surface area (Å²) in [6.45, 7) is 0.738. The van der Waals surface area contributed by atoms with Crippen LogP contribution in [0, 0.1) is 0 Å². The van der Waals surface area contributed by atoms with Gasteiger partial charge in [-0.25, -0.2) is 0 Å². The van der Waals surface area contributed by atoms with E-state index in [0.29, 0.717) is 16.4 Å². The Hall–Kier alpha value is -1.90. The van der Waals surface area contributed by atoms with Crippen molar-refractivity contribution in [1.29, 1.82) is 0 Å². The number of ether oxygens (including phenoxy) is 2. The first-order chi connectivity index (χ1) is 11.9. The summed E-state index contributed by atoms with van der Waals surface area (Å²) in [6.07, 6.45) is 1.82. The van der Waals surface area contributed by atoms with Crippen molar-refractivity contribution in [3.63, 3.8) is 0 Å². The predicted molar refractivity (Wildman–Crippen MR) is 103 cm³/mol. The second-order valence-electron chi connectivity index (χ2n) is 5.56. The fourth-order valence-corrected chi connectivity index (χ4v) is 3.24. The Kier molecular flexibility index (Phi) is 6.98. The van der Waals surface area contributed by atoms with E-state index in [2.05, 4.69) is 0 Å². The Morgan fingerprint density at radius 1 is 1.32 bits per heavy atom. The SMILES string of the molecule is COc1ccc(/C=C2/SC(=O)N(CC(=O)OCCN(C)C)C2=S)cc1. The van der Waals surface area contributed by atoms with E-state index in [0.717, 1.165) is 23.1 Å². The molecule has 1 aliphatic rings. The zero-order valence-electron chi connectivity index (χ0n) is 14.4. The molecule has 0 bridgehead atoms. The number of carbonyl (C=O) groups is 2. The largest absolute Gasteiger partial charge is 0.497 e. The summed E-state index contributed by atoms with van der Waals surface area (Å²) in [5, 5.41) is -0.269. The Morgan fingerprint density at radius 3 is 2.60 bits per heavy atom. The standard InChI is InChI=1S/C17H20N2O4S2/c1-18(2)8-9-23-15(20)11-19-16(24)14(25-17(19)21)10-12-4-6-13(22-3)7-5-12/h4-7,10H,8-9,11H2,1-3H3/b14-10+. The van der Waals surface area contributed by atoms with Gasteiger partial charge in [-0.2, -0.15) is 0 Å². The first-order valence-electron chi connectivity index (χ1n) is 7.60. The van der Waals surface area contributed by atoms with E-state index in [1.165, 1.54) is 4.90 Å². The molecule has 0 spiro atoms. The molecule has 1 fully saturated rings. The molecule has 0 unspecified atom stereocenters. The van der Waals surface area contributed by atoms with Gasteiger partial charge in [0.05, 0.1) is 12.0 Å². The maximum atomic E-state index is 12.1. The average molecular weight is 380 g/mol. The Morgan fingerprint density at radius 2 is 2.00 bits per heavy atom. The van der Waals surface area contributed by atoms with Gasteiger partial charge in [0.1, 0.15) is 23.9 Å². The van der Waals surface area contributed by atoms with E-state index >= 15 is 0 Å². The molecule has 8 heteroatoms. The molecular weight excluding hydrogens is 360 g/mol. The van der Waals surface area contributed by atoms with Crippen LogP contribution in [0.5, 0.6) is 5.75 Å². The molecule has 2 rings (SSSR count). The van der Waals surface area contributed by atoms with Crippen molar-refractivity contribution in [2.75, 3.05) is 40.9 Å². The Balaban J connectivity index is 1.98. The van der Waals surface area contributed by atoms with Crippen LogP contribution in [0.15, 0.2) is 29.2 Å². The Bertz CT molecular complexity index is 686. The second kappa shape index (κ2) is 8.98. The highest BCUT2D eigenvalue weighted by molar-refractivity contribution is 8.19. The number of thiocarbonyl (C=S) groups is 1. The molecule has 25 heavy (non-hydrogen) atoms. The number of methoxy groups -OCH3 is 1. The van der Waals surface area contributed by atoms with Crippen molar-refractivity contribution in [3.8, 4) is 5.75 Å². The molecule has 1 saturated heterocycles. The van der Waals surface area contributed by atoms with Crippen molar-refractivity contribution in [3.05, 3.63) is 34.7 Å². The van der Waals surface area contributed by atoms with E-state index in [9.17, 15) is 9.59 Å². The summed E-state index contributed by atoms with van der Waals surface area (Å²) in [4.78, 5) is 28.2. The topological polar surface area (TPSA) is 59.1 Å². The van der Waals surface area contributed by atoms with Gasteiger partial charge < -0.3 is 14.4 Å². The quantitative estimate of drug-likeness (QED) is 0.409. The predicted octanol–water partition coefficient (Wildman–Crippen LogP) is 2.64. The number of carbonyl (C=O) groups excluding carboxylic acids is 2. The molecular formula is C17H20N2O4S2. The maximum Gasteiger partial charge on any atom is 0.326 e. The molecule has 6 nitrogen and oxygen atoms in total. The number of hydrogen-bond acceptors (Lipinski definition) is 7. The molecule has 0 aliphatic carbocycles. The molecule has 0 atom stereocenters. The van der Waals surface area contributed by atoms with Crippen molar-refractivity contribution >= 4 is 46.3 Å². The summed E-state index contributed by atoms with van der Waals surface area (Å²) in [6, 6.07) is 7.41. The minimum absolute atomic E-state index is 0.169. The van der Waals surface area contributed by atoms with E-state index in [1.807, 2.05) is 49.3 Å². The number of benzene rings is 1. The van der Waals surface area contributed by atoms with Crippen LogP contribution in [-0.4, -0.2) is 66.9 Å². The van der Waals surface area contributed by atoms with Crippen molar-refractivity contribution < 1.29 is 19.1 Å². The molecule has 1 aromatic rings. The summed E-state index contributed by atoms with van der Waals surface area (Å²) in [5.41, 5.74) is 0.897. The van der Waals surface area contributed by atoms with E-state index < -0.39 is 5.97 Å². The van der Waals surface area contributed by atoms with E-state index in [4.69, 9.17) is 21.7 Å². The molecule has 1 heterocycles. The van der Waals surface area contributed by atoms with E-state index in [-0.39, 0.29) is 18.4 Å². The van der Waals surface area contributed by atoms with Gasteiger partial charge in [-0.3, -0.25) is 14.5 Å².